The molecule has 2 aromatic rings. The fraction of sp³-hybridized carbons (Fsp3) is 0.368. The molecule has 3 rings (SSSR count). The van der Waals surface area contributed by atoms with E-state index in [1.165, 1.54) is 22.5 Å². The lowest BCUT2D eigenvalue weighted by atomic mass is 9.73. The largest absolute Gasteiger partial charge is 0.330 e. The van der Waals surface area contributed by atoms with E-state index in [0.29, 0.717) is 32.5 Å². The van der Waals surface area contributed by atoms with Gasteiger partial charge in [-0.1, -0.05) is 42.5 Å². The highest BCUT2D eigenvalue weighted by atomic mass is 32.2. The van der Waals surface area contributed by atoms with Crippen molar-refractivity contribution in [2.75, 3.05) is 25.9 Å². The monoisotopic (exact) mass is 408 g/mol. The van der Waals surface area contributed by atoms with Crippen LogP contribution in [0.1, 0.15) is 18.4 Å². The molecule has 8 heteroatoms. The minimum atomic E-state index is -3.90. The van der Waals surface area contributed by atoms with Crippen LogP contribution in [0.25, 0.3) is 0 Å². The summed E-state index contributed by atoms with van der Waals surface area (Å²) in [6.07, 6.45) is 2.20. The predicted molar refractivity (Wildman–Crippen MR) is 105 cm³/mol. The van der Waals surface area contributed by atoms with Crippen molar-refractivity contribution < 1.29 is 16.8 Å². The van der Waals surface area contributed by atoms with Gasteiger partial charge >= 0.3 is 0 Å². The minimum absolute atomic E-state index is 0.160. The Balaban J connectivity index is 1.90. The molecule has 0 amide bonds. The Morgan fingerprint density at radius 3 is 1.93 bits per heavy atom. The second-order valence-electron chi connectivity index (χ2n) is 6.97. The maximum atomic E-state index is 13.1. The molecule has 27 heavy (non-hydrogen) atoms. The molecule has 0 aromatic heterocycles. The zero-order chi connectivity index (χ0) is 19.7. The number of benzene rings is 2. The van der Waals surface area contributed by atoms with E-state index in [1.807, 2.05) is 30.3 Å². The van der Waals surface area contributed by atoms with E-state index in [0.717, 1.165) is 11.8 Å². The standard InChI is InChI=1S/C19H24N2O4S2/c1-26(22,23)17-9-5-6-10-18(17)27(24,25)21-13-11-19(15-20,12-14-21)16-7-3-2-4-8-16/h2-10H,11-15,20H2,1H3. The lowest BCUT2D eigenvalue weighted by Crippen LogP contribution is -2.48. The summed E-state index contributed by atoms with van der Waals surface area (Å²) in [5.74, 6) is 0. The minimum Gasteiger partial charge on any atom is -0.330 e. The molecule has 1 fully saturated rings. The number of nitrogens with two attached hydrogens (primary N) is 1. The molecule has 2 aromatic carbocycles. The Hall–Kier alpha value is -1.74. The van der Waals surface area contributed by atoms with Gasteiger partial charge in [0, 0.05) is 31.3 Å². The molecule has 0 unspecified atom stereocenters. The molecular weight excluding hydrogens is 384 g/mol. The molecule has 0 spiro atoms. The third-order valence-electron chi connectivity index (χ3n) is 5.32. The summed E-state index contributed by atoms with van der Waals surface area (Å²) in [4.78, 5) is -0.323. The van der Waals surface area contributed by atoms with Crippen LogP contribution in [0.15, 0.2) is 64.4 Å². The number of rotatable bonds is 5. The molecular formula is C19H24N2O4S2. The molecule has 1 heterocycles. The first kappa shape index (κ1) is 20.0. The molecule has 0 aliphatic carbocycles. The predicted octanol–water partition coefficient (Wildman–Crippen LogP) is 1.77. The van der Waals surface area contributed by atoms with Crippen molar-refractivity contribution in [2.24, 2.45) is 5.73 Å². The maximum Gasteiger partial charge on any atom is 0.244 e. The summed E-state index contributed by atoms with van der Waals surface area (Å²) in [5, 5.41) is 0. The summed E-state index contributed by atoms with van der Waals surface area (Å²) in [5.41, 5.74) is 6.92. The summed E-state index contributed by atoms with van der Waals surface area (Å²) < 4.78 is 51.6. The molecule has 0 saturated carbocycles. The molecule has 1 aliphatic rings. The van der Waals surface area contributed by atoms with Crippen molar-refractivity contribution in [3.63, 3.8) is 0 Å². The fourth-order valence-corrected chi connectivity index (χ4v) is 6.71. The molecule has 0 bridgehead atoms. The Kier molecular flexibility index (Phi) is 5.45. The quantitative estimate of drug-likeness (QED) is 0.813. The van der Waals surface area contributed by atoms with Crippen molar-refractivity contribution in [1.29, 1.82) is 0 Å². The number of nitrogens with zero attached hydrogens (tertiary/aromatic N) is 1. The SMILES string of the molecule is CS(=O)(=O)c1ccccc1S(=O)(=O)N1CCC(CN)(c2ccccc2)CC1. The van der Waals surface area contributed by atoms with Gasteiger partial charge in [0.1, 0.15) is 4.90 Å². The Labute approximate surface area is 161 Å². The van der Waals surface area contributed by atoms with E-state index in [-0.39, 0.29) is 15.2 Å². The fourth-order valence-electron chi connectivity index (χ4n) is 3.67. The lowest BCUT2D eigenvalue weighted by molar-refractivity contribution is 0.237. The number of hydrogen-bond acceptors (Lipinski definition) is 5. The van der Waals surface area contributed by atoms with Gasteiger partial charge in [0.15, 0.2) is 9.84 Å². The van der Waals surface area contributed by atoms with E-state index < -0.39 is 19.9 Å². The van der Waals surface area contributed by atoms with Crippen LogP contribution in [-0.4, -0.2) is 47.0 Å². The first-order valence-electron chi connectivity index (χ1n) is 8.76. The third-order valence-corrected chi connectivity index (χ3v) is 8.56. The van der Waals surface area contributed by atoms with Crippen LogP contribution >= 0.6 is 0 Å². The molecule has 1 aliphatic heterocycles. The Morgan fingerprint density at radius 2 is 1.41 bits per heavy atom. The second-order valence-corrected chi connectivity index (χ2v) is 10.9. The van der Waals surface area contributed by atoms with E-state index in [9.17, 15) is 16.8 Å². The van der Waals surface area contributed by atoms with Crippen LogP contribution in [-0.2, 0) is 25.3 Å². The summed E-state index contributed by atoms with van der Waals surface area (Å²) in [6, 6.07) is 15.7. The van der Waals surface area contributed by atoms with Crippen molar-refractivity contribution in [3.8, 4) is 0 Å². The van der Waals surface area contributed by atoms with Crippen LogP contribution in [0.3, 0.4) is 0 Å². The summed E-state index contributed by atoms with van der Waals surface area (Å²) >= 11 is 0. The molecule has 0 radical (unpaired) electrons. The van der Waals surface area contributed by atoms with Gasteiger partial charge in [0.05, 0.1) is 4.90 Å². The first-order valence-corrected chi connectivity index (χ1v) is 12.1. The van der Waals surface area contributed by atoms with Gasteiger partial charge < -0.3 is 5.73 Å². The van der Waals surface area contributed by atoms with Crippen LogP contribution in [0.2, 0.25) is 0 Å². The van der Waals surface area contributed by atoms with Gasteiger partial charge in [-0.05, 0) is 30.5 Å². The van der Waals surface area contributed by atoms with Gasteiger partial charge in [0.2, 0.25) is 10.0 Å². The number of sulfone groups is 1. The number of hydrogen-bond donors (Lipinski definition) is 1. The first-order chi connectivity index (χ1) is 12.7. The van der Waals surface area contributed by atoms with Crippen LogP contribution in [0.4, 0.5) is 0 Å². The van der Waals surface area contributed by atoms with Crippen molar-refractivity contribution in [1.82, 2.24) is 4.31 Å². The molecule has 1 saturated heterocycles. The van der Waals surface area contributed by atoms with E-state index in [1.54, 1.807) is 6.07 Å². The van der Waals surface area contributed by atoms with Crippen molar-refractivity contribution in [2.45, 2.75) is 28.0 Å². The van der Waals surface area contributed by atoms with Crippen molar-refractivity contribution >= 4 is 19.9 Å². The van der Waals surface area contributed by atoms with Gasteiger partial charge in [0.25, 0.3) is 0 Å². The van der Waals surface area contributed by atoms with Gasteiger partial charge in [-0.15, -0.1) is 0 Å². The molecule has 146 valence electrons. The Bertz CT molecular complexity index is 1010. The molecule has 0 atom stereocenters. The Morgan fingerprint density at radius 1 is 0.889 bits per heavy atom. The zero-order valence-corrected chi connectivity index (χ0v) is 16.8. The van der Waals surface area contributed by atoms with Gasteiger partial charge in [-0.25, -0.2) is 16.8 Å². The van der Waals surface area contributed by atoms with E-state index in [2.05, 4.69) is 0 Å². The lowest BCUT2D eigenvalue weighted by Gasteiger charge is -2.41. The average Bonchev–Trinajstić information content (AvgIpc) is 2.68. The molecule has 2 N–H and O–H groups in total. The molecule has 6 nitrogen and oxygen atoms in total. The van der Waals surface area contributed by atoms with Gasteiger partial charge in [-0.2, -0.15) is 4.31 Å². The van der Waals surface area contributed by atoms with Gasteiger partial charge in [-0.3, -0.25) is 0 Å². The van der Waals surface area contributed by atoms with Crippen LogP contribution in [0.5, 0.6) is 0 Å². The number of sulfonamides is 1. The smallest absolute Gasteiger partial charge is 0.244 e. The topological polar surface area (TPSA) is 97.5 Å². The highest BCUT2D eigenvalue weighted by Gasteiger charge is 2.39. The third kappa shape index (κ3) is 3.80. The van der Waals surface area contributed by atoms with E-state index in [4.69, 9.17) is 5.73 Å². The second kappa shape index (κ2) is 7.35. The number of piperidine rings is 1. The zero-order valence-electron chi connectivity index (χ0n) is 15.2. The van der Waals surface area contributed by atoms with E-state index >= 15 is 0 Å². The highest BCUT2D eigenvalue weighted by molar-refractivity contribution is 7.93. The summed E-state index contributed by atoms with van der Waals surface area (Å²) in [6.45, 7) is 1.03. The average molecular weight is 409 g/mol. The highest BCUT2D eigenvalue weighted by Crippen LogP contribution is 2.37. The normalized spacial score (nSPS) is 18.3. The maximum absolute atomic E-state index is 13.1. The summed E-state index contributed by atoms with van der Waals surface area (Å²) in [7, 11) is -7.55. The van der Waals surface area contributed by atoms with Crippen LogP contribution < -0.4 is 5.73 Å². The van der Waals surface area contributed by atoms with Crippen LogP contribution in [0, 0.1) is 0 Å². The van der Waals surface area contributed by atoms with Crippen molar-refractivity contribution in [3.05, 3.63) is 60.2 Å².